The van der Waals surface area contributed by atoms with E-state index in [-0.39, 0.29) is 54.1 Å². The molecule has 3 aliphatic rings. The van der Waals surface area contributed by atoms with Crippen molar-refractivity contribution in [3.05, 3.63) is 81.9 Å². The van der Waals surface area contributed by atoms with Crippen molar-refractivity contribution in [1.29, 1.82) is 0 Å². The minimum atomic E-state index is -1.21. The van der Waals surface area contributed by atoms with Gasteiger partial charge in [-0.15, -0.1) is 0 Å². The predicted octanol–water partition coefficient (Wildman–Crippen LogP) is 7.83. The molecule has 3 heterocycles. The minimum Gasteiger partial charge on any atom is -0.488 e. The Morgan fingerprint density at radius 1 is 1.04 bits per heavy atom. The van der Waals surface area contributed by atoms with Gasteiger partial charge >= 0.3 is 12.1 Å². The summed E-state index contributed by atoms with van der Waals surface area (Å²) in [5.74, 6) is -2.73. The Hall–Kier alpha value is -3.93. The molecule has 262 valence electrons. The van der Waals surface area contributed by atoms with Gasteiger partial charge in [0, 0.05) is 42.3 Å². The SMILES string of the molecule is COC(=O)c1ccc(OCCO[C@H]2CCCCO2)c(F)c1-c1c(Cl)c(F)cc2c1C[C@](c1ccccc1)(C1CCN1C(=O)OC(C)(C)C)O2. The number of rotatable bonds is 9. The van der Waals surface area contributed by atoms with Crippen LogP contribution in [0.1, 0.15) is 67.9 Å². The van der Waals surface area contributed by atoms with Gasteiger partial charge in [-0.25, -0.2) is 18.4 Å². The van der Waals surface area contributed by atoms with Gasteiger partial charge in [0.2, 0.25) is 0 Å². The van der Waals surface area contributed by atoms with Gasteiger partial charge in [0.1, 0.15) is 23.8 Å². The molecule has 0 aliphatic carbocycles. The van der Waals surface area contributed by atoms with E-state index in [9.17, 15) is 9.59 Å². The Morgan fingerprint density at radius 2 is 1.82 bits per heavy atom. The highest BCUT2D eigenvalue weighted by molar-refractivity contribution is 6.34. The molecule has 3 aromatic carbocycles. The average molecular weight is 700 g/mol. The van der Waals surface area contributed by atoms with Crippen molar-refractivity contribution in [3.63, 3.8) is 0 Å². The summed E-state index contributed by atoms with van der Waals surface area (Å²) in [4.78, 5) is 28.0. The summed E-state index contributed by atoms with van der Waals surface area (Å²) in [5, 5.41) is -0.400. The minimum absolute atomic E-state index is 0.00874. The number of hydrogen-bond acceptors (Lipinski definition) is 8. The van der Waals surface area contributed by atoms with Gasteiger partial charge in [0.05, 0.1) is 30.3 Å². The fourth-order valence-corrected chi connectivity index (χ4v) is 6.96. The molecular weight excluding hydrogens is 660 g/mol. The van der Waals surface area contributed by atoms with Crippen LogP contribution in [-0.2, 0) is 31.0 Å². The van der Waals surface area contributed by atoms with Gasteiger partial charge in [0.25, 0.3) is 0 Å². The maximum Gasteiger partial charge on any atom is 0.410 e. The summed E-state index contributed by atoms with van der Waals surface area (Å²) < 4.78 is 66.8. The van der Waals surface area contributed by atoms with Gasteiger partial charge < -0.3 is 33.3 Å². The lowest BCUT2D eigenvalue weighted by Crippen LogP contribution is -2.63. The third kappa shape index (κ3) is 6.93. The summed E-state index contributed by atoms with van der Waals surface area (Å²) >= 11 is 6.68. The molecule has 0 spiro atoms. The van der Waals surface area contributed by atoms with Gasteiger partial charge in [-0.05, 0) is 64.2 Å². The zero-order chi connectivity index (χ0) is 34.9. The summed E-state index contributed by atoms with van der Waals surface area (Å²) in [7, 11) is 1.17. The van der Waals surface area contributed by atoms with Crippen LogP contribution in [0.25, 0.3) is 11.1 Å². The number of halogens is 3. The van der Waals surface area contributed by atoms with Crippen LogP contribution in [0.3, 0.4) is 0 Å². The lowest BCUT2D eigenvalue weighted by Gasteiger charge is -2.50. The van der Waals surface area contributed by atoms with E-state index in [1.54, 1.807) is 25.7 Å². The molecule has 1 amide bonds. The molecule has 2 saturated heterocycles. The lowest BCUT2D eigenvalue weighted by molar-refractivity contribution is -0.165. The zero-order valence-electron chi connectivity index (χ0n) is 28.0. The maximum absolute atomic E-state index is 16.7. The molecule has 0 saturated carbocycles. The van der Waals surface area contributed by atoms with Crippen molar-refractivity contribution >= 4 is 23.7 Å². The molecule has 9 nitrogen and oxygen atoms in total. The smallest absolute Gasteiger partial charge is 0.410 e. The number of esters is 1. The molecule has 3 aliphatic heterocycles. The van der Waals surface area contributed by atoms with Crippen molar-refractivity contribution in [1.82, 2.24) is 4.90 Å². The van der Waals surface area contributed by atoms with Crippen LogP contribution in [0.2, 0.25) is 5.02 Å². The van der Waals surface area contributed by atoms with E-state index in [0.29, 0.717) is 25.1 Å². The first-order valence-corrected chi connectivity index (χ1v) is 16.8. The van der Waals surface area contributed by atoms with Crippen LogP contribution < -0.4 is 9.47 Å². The van der Waals surface area contributed by atoms with E-state index >= 15 is 8.78 Å². The highest BCUT2D eigenvalue weighted by Gasteiger charge is 2.56. The van der Waals surface area contributed by atoms with Gasteiger partial charge in [-0.2, -0.15) is 0 Å². The second-order valence-corrected chi connectivity index (χ2v) is 13.7. The first-order chi connectivity index (χ1) is 23.4. The van der Waals surface area contributed by atoms with Gasteiger partial charge in [-0.3, -0.25) is 0 Å². The second-order valence-electron chi connectivity index (χ2n) is 13.3. The van der Waals surface area contributed by atoms with Crippen LogP contribution in [0.4, 0.5) is 13.6 Å². The molecule has 6 rings (SSSR count). The van der Waals surface area contributed by atoms with Crippen LogP contribution in [0.15, 0.2) is 48.5 Å². The number of methoxy groups -OCH3 is 1. The number of hydrogen-bond donors (Lipinski definition) is 0. The average Bonchev–Trinajstić information content (AvgIpc) is 3.42. The van der Waals surface area contributed by atoms with Gasteiger partial charge in [-0.1, -0.05) is 41.9 Å². The number of ether oxygens (including phenoxy) is 6. The molecule has 2 fully saturated rings. The van der Waals surface area contributed by atoms with Crippen molar-refractivity contribution in [2.45, 2.75) is 76.4 Å². The van der Waals surface area contributed by atoms with Crippen LogP contribution in [0, 0.1) is 11.6 Å². The highest BCUT2D eigenvalue weighted by atomic mass is 35.5. The highest BCUT2D eigenvalue weighted by Crippen LogP contribution is 2.54. The van der Waals surface area contributed by atoms with E-state index in [1.807, 2.05) is 30.3 Å². The van der Waals surface area contributed by atoms with E-state index in [1.165, 1.54) is 19.2 Å². The molecule has 0 aromatic heterocycles. The lowest BCUT2D eigenvalue weighted by atomic mass is 9.76. The Bertz CT molecular complexity index is 1710. The largest absolute Gasteiger partial charge is 0.488 e. The van der Waals surface area contributed by atoms with Crippen molar-refractivity contribution in [3.8, 4) is 22.6 Å². The number of carbonyl (C=O) groups excluding carboxylic acids is 2. The van der Waals surface area contributed by atoms with Crippen molar-refractivity contribution in [2.24, 2.45) is 0 Å². The quantitative estimate of drug-likeness (QED) is 0.165. The maximum atomic E-state index is 16.7. The van der Waals surface area contributed by atoms with Crippen LogP contribution >= 0.6 is 11.6 Å². The summed E-state index contributed by atoms with van der Waals surface area (Å²) in [6, 6.07) is 12.6. The van der Waals surface area contributed by atoms with Crippen molar-refractivity contribution < 1.29 is 46.8 Å². The Kier molecular flexibility index (Phi) is 10.1. The summed E-state index contributed by atoms with van der Waals surface area (Å²) in [6.07, 6.45) is 2.51. The second kappa shape index (κ2) is 14.1. The Labute approximate surface area is 289 Å². The number of amides is 1. The summed E-state index contributed by atoms with van der Waals surface area (Å²) in [5.41, 5.74) is -1.38. The third-order valence-corrected chi connectivity index (χ3v) is 9.38. The number of carbonyl (C=O) groups is 2. The number of nitrogens with zero attached hydrogens (tertiary/aromatic N) is 1. The normalized spacial score (nSPS) is 21.7. The Balaban J connectivity index is 1.40. The fourth-order valence-electron chi connectivity index (χ4n) is 6.70. The van der Waals surface area contributed by atoms with Gasteiger partial charge in [0.15, 0.2) is 23.5 Å². The van der Waals surface area contributed by atoms with E-state index in [0.717, 1.165) is 30.9 Å². The number of fused-ring (bicyclic) bond motifs is 1. The summed E-state index contributed by atoms with van der Waals surface area (Å²) in [6.45, 7) is 6.53. The first kappa shape index (κ1) is 34.9. The zero-order valence-corrected chi connectivity index (χ0v) is 28.7. The third-order valence-electron chi connectivity index (χ3n) is 9.01. The van der Waals surface area contributed by atoms with E-state index in [2.05, 4.69) is 0 Å². The topological polar surface area (TPSA) is 92.8 Å². The van der Waals surface area contributed by atoms with Crippen molar-refractivity contribution in [2.75, 3.05) is 33.5 Å². The molecule has 12 heteroatoms. The molecule has 49 heavy (non-hydrogen) atoms. The first-order valence-electron chi connectivity index (χ1n) is 16.5. The molecular formula is C37H40ClF2NO8. The predicted molar refractivity (Wildman–Crippen MR) is 177 cm³/mol. The van der Waals surface area contributed by atoms with E-state index in [4.69, 9.17) is 40.0 Å². The molecule has 0 radical (unpaired) electrons. The molecule has 3 atom stereocenters. The standard InChI is InChI=1S/C37H40ClF2NO8/c1-36(2,3)49-35(43)41-16-15-28(41)37(22-10-6-5-7-11-22)21-24-27(48-37)20-25(39)32(38)30(24)31-23(34(42)44-4)13-14-26(33(31)40)45-18-19-47-29-12-8-9-17-46-29/h5-7,10-11,13-14,20,28-29H,8-9,12,15-19,21H2,1-4H3/t28?,29-,37-/m0/s1. The van der Waals surface area contributed by atoms with Crippen LogP contribution in [-0.4, -0.2) is 68.4 Å². The number of benzene rings is 3. The molecule has 0 N–H and O–H groups in total. The van der Waals surface area contributed by atoms with E-state index < -0.39 is 46.0 Å². The Morgan fingerprint density at radius 3 is 2.47 bits per heavy atom. The molecule has 1 unspecified atom stereocenters. The monoisotopic (exact) mass is 699 g/mol. The molecule has 0 bridgehead atoms. The fraction of sp³-hybridized carbons (Fsp3) is 0.459. The number of likely N-dealkylation sites (tertiary alicyclic amines) is 1. The molecule has 3 aromatic rings. The van der Waals surface area contributed by atoms with Crippen LogP contribution in [0.5, 0.6) is 11.5 Å².